The van der Waals surface area contributed by atoms with Gasteiger partial charge in [0.25, 0.3) is 0 Å². The van der Waals surface area contributed by atoms with E-state index in [0.717, 1.165) is 12.8 Å². The first kappa shape index (κ1) is 13.4. The lowest BCUT2D eigenvalue weighted by Gasteiger charge is -2.59. The molecule has 0 spiro atoms. The molecule has 0 aromatic carbocycles. The van der Waals surface area contributed by atoms with Crippen LogP contribution in [-0.4, -0.2) is 32.1 Å². The molecule has 1 heterocycles. The molecule has 0 aromatic heterocycles. The summed E-state index contributed by atoms with van der Waals surface area (Å²) in [5.41, 5.74) is 2.77. The van der Waals surface area contributed by atoms with Crippen molar-refractivity contribution in [1.29, 1.82) is 0 Å². The van der Waals surface area contributed by atoms with Gasteiger partial charge in [0.1, 0.15) is 0 Å². The Kier molecular flexibility index (Phi) is 4.32. The Morgan fingerprint density at radius 3 is 1.75 bits per heavy atom. The van der Waals surface area contributed by atoms with Gasteiger partial charge in [-0.3, -0.25) is 19.2 Å². The van der Waals surface area contributed by atoms with Gasteiger partial charge in [0.15, 0.2) is 22.5 Å². The van der Waals surface area contributed by atoms with Gasteiger partial charge in [0.05, 0.1) is 0 Å². The number of unbranched alkanes of at least 4 members (excludes halogenated alkanes) is 1. The maximum Gasteiger partial charge on any atom is 0.167 e. The van der Waals surface area contributed by atoms with Crippen LogP contribution in [0.3, 0.4) is 0 Å². The first-order valence-corrected chi connectivity index (χ1v) is 9.03. The molecule has 1 rings (SSSR count). The summed E-state index contributed by atoms with van der Waals surface area (Å²) in [5.74, 6) is 0. The largest absolute Gasteiger partial charge is 0.292 e. The Morgan fingerprint density at radius 2 is 1.44 bits per heavy atom. The summed E-state index contributed by atoms with van der Waals surface area (Å²) in [5, 5.41) is 0.203. The summed E-state index contributed by atoms with van der Waals surface area (Å²) in [4.78, 5) is 44.1. The quantitative estimate of drug-likeness (QED) is 0.658. The Bertz CT molecular complexity index is 274. The van der Waals surface area contributed by atoms with Crippen molar-refractivity contribution in [3.8, 4) is 0 Å². The van der Waals surface area contributed by atoms with Gasteiger partial charge in [-0.15, -0.1) is 20.1 Å². The SMILES string of the molecule is CCCCC1S(C=O)(C=O)CS1(C=O)C=O. The zero-order valence-electron chi connectivity index (χ0n) is 9.16. The molecule has 6 heteroatoms. The molecule has 0 saturated carbocycles. The standard InChI is InChI=1S/C10H16O4S2/c1-2-3-4-10-15(5-11,6-12)9-16(10,7-13)8-14/h5-8,10H,2-4,9H2,1H3. The van der Waals surface area contributed by atoms with Crippen LogP contribution in [0.2, 0.25) is 0 Å². The fourth-order valence-electron chi connectivity index (χ4n) is 1.98. The van der Waals surface area contributed by atoms with Crippen molar-refractivity contribution >= 4 is 42.5 Å². The highest BCUT2D eigenvalue weighted by Crippen LogP contribution is 2.80. The first-order chi connectivity index (χ1) is 7.64. The summed E-state index contributed by atoms with van der Waals surface area (Å²) >= 11 is 0. The molecule has 0 atom stereocenters. The van der Waals surface area contributed by atoms with E-state index in [1.165, 1.54) is 0 Å². The van der Waals surface area contributed by atoms with Crippen LogP contribution in [0.4, 0.5) is 0 Å². The van der Waals surface area contributed by atoms with Crippen LogP contribution in [0.5, 0.6) is 0 Å². The molecular weight excluding hydrogens is 248 g/mol. The lowest BCUT2D eigenvalue weighted by Crippen LogP contribution is -2.43. The van der Waals surface area contributed by atoms with Crippen molar-refractivity contribution in [1.82, 2.24) is 0 Å². The van der Waals surface area contributed by atoms with Gasteiger partial charge in [-0.25, -0.2) is 0 Å². The molecule has 0 N–H and O–H groups in total. The van der Waals surface area contributed by atoms with E-state index in [2.05, 4.69) is 0 Å². The number of hydrogen-bond donors (Lipinski definition) is 0. The highest BCUT2D eigenvalue weighted by Gasteiger charge is 2.57. The predicted molar refractivity (Wildman–Crippen MR) is 70.4 cm³/mol. The Morgan fingerprint density at radius 1 is 1.00 bits per heavy atom. The minimum Gasteiger partial charge on any atom is -0.292 e. The number of hydrogen-bond acceptors (Lipinski definition) is 4. The van der Waals surface area contributed by atoms with Gasteiger partial charge in [-0.1, -0.05) is 19.8 Å². The van der Waals surface area contributed by atoms with E-state index < -0.39 is 20.1 Å². The van der Waals surface area contributed by atoms with Crippen LogP contribution in [0.25, 0.3) is 0 Å². The third-order valence-electron chi connectivity index (χ3n) is 2.90. The zero-order valence-corrected chi connectivity index (χ0v) is 10.8. The number of carbonyl (C=O) groups is 4. The summed E-state index contributed by atoms with van der Waals surface area (Å²) < 4.78 is -0.287. The predicted octanol–water partition coefficient (Wildman–Crippen LogP) is 1.84. The van der Waals surface area contributed by atoms with Crippen molar-refractivity contribution in [3.63, 3.8) is 0 Å². The Labute approximate surface area is 97.8 Å². The first-order valence-electron chi connectivity index (χ1n) is 5.05. The topological polar surface area (TPSA) is 68.3 Å². The molecule has 0 aromatic rings. The van der Waals surface area contributed by atoms with E-state index in [1.807, 2.05) is 6.92 Å². The summed E-state index contributed by atoms with van der Waals surface area (Å²) in [6, 6.07) is 0. The molecule has 1 fully saturated rings. The smallest absolute Gasteiger partial charge is 0.167 e. The van der Waals surface area contributed by atoms with E-state index in [9.17, 15) is 19.2 Å². The van der Waals surface area contributed by atoms with Crippen LogP contribution in [-0.2, 0) is 19.2 Å². The van der Waals surface area contributed by atoms with Crippen LogP contribution < -0.4 is 0 Å². The van der Waals surface area contributed by atoms with Gasteiger partial charge >= 0.3 is 0 Å². The fourth-order valence-corrected chi connectivity index (χ4v) is 11.3. The molecule has 1 aliphatic rings. The van der Waals surface area contributed by atoms with Crippen molar-refractivity contribution in [2.45, 2.75) is 30.8 Å². The molecule has 0 aliphatic carbocycles. The highest BCUT2D eigenvalue weighted by atomic mass is 32.4. The second-order valence-corrected chi connectivity index (χ2v) is 10.7. The molecule has 92 valence electrons. The fraction of sp³-hybridized carbons (Fsp3) is 0.600. The molecule has 1 saturated heterocycles. The van der Waals surface area contributed by atoms with Crippen molar-refractivity contribution in [2.24, 2.45) is 0 Å². The minimum atomic E-state index is -2.00. The van der Waals surface area contributed by atoms with Gasteiger partial charge < -0.3 is 0 Å². The summed E-state index contributed by atoms with van der Waals surface area (Å²) in [7, 11) is -4.01. The van der Waals surface area contributed by atoms with E-state index in [4.69, 9.17) is 0 Å². The van der Waals surface area contributed by atoms with Crippen molar-refractivity contribution in [3.05, 3.63) is 0 Å². The maximum atomic E-state index is 11.0. The second kappa shape index (κ2) is 5.14. The maximum absolute atomic E-state index is 11.0. The summed E-state index contributed by atoms with van der Waals surface area (Å²) in [6.45, 7) is 2.00. The third-order valence-corrected chi connectivity index (χ3v) is 12.2. The van der Waals surface area contributed by atoms with Gasteiger partial charge in [0, 0.05) is 9.67 Å². The molecule has 0 unspecified atom stereocenters. The average Bonchev–Trinajstić information content (AvgIpc) is 2.31. The lowest BCUT2D eigenvalue weighted by molar-refractivity contribution is 0.564. The highest BCUT2D eigenvalue weighted by molar-refractivity contribution is 8.80. The van der Waals surface area contributed by atoms with Gasteiger partial charge in [-0.2, -0.15) is 0 Å². The number of rotatable bonds is 7. The second-order valence-electron chi connectivity index (χ2n) is 3.89. The van der Waals surface area contributed by atoms with Crippen LogP contribution in [0, 0.1) is 0 Å². The van der Waals surface area contributed by atoms with Crippen LogP contribution >= 0.6 is 20.1 Å². The summed E-state index contributed by atoms with van der Waals surface area (Å²) in [6.07, 6.45) is 2.41. The Hall–Kier alpha value is -0.620. The van der Waals surface area contributed by atoms with Crippen molar-refractivity contribution < 1.29 is 19.2 Å². The van der Waals surface area contributed by atoms with Crippen LogP contribution in [0.1, 0.15) is 26.2 Å². The third kappa shape index (κ3) is 1.84. The molecule has 1 aliphatic heterocycles. The van der Waals surface area contributed by atoms with Crippen LogP contribution in [0.15, 0.2) is 0 Å². The molecule has 0 bridgehead atoms. The van der Waals surface area contributed by atoms with Gasteiger partial charge in [-0.05, 0) is 6.42 Å². The van der Waals surface area contributed by atoms with Gasteiger partial charge in [0.2, 0.25) is 0 Å². The molecule has 0 amide bonds. The van der Waals surface area contributed by atoms with E-state index in [0.29, 0.717) is 28.9 Å². The molecule has 0 radical (unpaired) electrons. The van der Waals surface area contributed by atoms with E-state index in [1.54, 1.807) is 0 Å². The van der Waals surface area contributed by atoms with Crippen molar-refractivity contribution in [2.75, 3.05) is 5.08 Å². The zero-order chi connectivity index (χ0) is 12.2. The molecular formula is C10H16O4S2. The lowest BCUT2D eigenvalue weighted by atomic mass is 10.3. The van der Waals surface area contributed by atoms with E-state index >= 15 is 0 Å². The van der Waals surface area contributed by atoms with E-state index in [-0.39, 0.29) is 9.67 Å². The minimum absolute atomic E-state index is 0.203. The number of carbonyl (C=O) groups excluding carboxylic acids is 4. The monoisotopic (exact) mass is 264 g/mol. The average molecular weight is 264 g/mol. The normalized spacial score (nSPS) is 25.8. The Balaban J connectivity index is 2.95. The molecule has 16 heavy (non-hydrogen) atoms. The molecule has 4 nitrogen and oxygen atoms in total.